The first-order valence-corrected chi connectivity index (χ1v) is 6.67. The van der Waals surface area contributed by atoms with Crippen LogP contribution in [0.1, 0.15) is 18.4 Å². The SMILES string of the molecule is COC1(CO)CCN(Cc2cnn(CCF)c2)CC1. The van der Waals surface area contributed by atoms with Gasteiger partial charge in [-0.2, -0.15) is 5.10 Å². The predicted octanol–water partition coefficient (Wildman–Crippen LogP) is 0.826. The van der Waals surface area contributed by atoms with Gasteiger partial charge in [0.15, 0.2) is 0 Å². The molecule has 0 aliphatic carbocycles. The van der Waals surface area contributed by atoms with Crippen molar-refractivity contribution in [2.45, 2.75) is 31.5 Å². The van der Waals surface area contributed by atoms with E-state index in [0.29, 0.717) is 6.54 Å². The molecule has 1 fully saturated rings. The van der Waals surface area contributed by atoms with E-state index in [0.717, 1.165) is 38.0 Å². The van der Waals surface area contributed by atoms with Crippen molar-refractivity contribution in [3.05, 3.63) is 18.0 Å². The van der Waals surface area contributed by atoms with Gasteiger partial charge in [0.05, 0.1) is 24.9 Å². The Bertz CT molecular complexity index is 383. The summed E-state index contributed by atoms with van der Waals surface area (Å²) >= 11 is 0. The molecule has 6 heteroatoms. The zero-order valence-corrected chi connectivity index (χ0v) is 11.4. The maximum absolute atomic E-state index is 12.2. The highest BCUT2D eigenvalue weighted by Gasteiger charge is 2.33. The molecule has 5 nitrogen and oxygen atoms in total. The van der Waals surface area contributed by atoms with Gasteiger partial charge in [0.2, 0.25) is 0 Å². The summed E-state index contributed by atoms with van der Waals surface area (Å²) in [7, 11) is 1.66. The minimum absolute atomic E-state index is 0.0752. The molecule has 1 aromatic heterocycles. The van der Waals surface area contributed by atoms with Gasteiger partial charge >= 0.3 is 0 Å². The van der Waals surface area contributed by atoms with E-state index in [-0.39, 0.29) is 12.2 Å². The molecule has 0 spiro atoms. The first kappa shape index (κ1) is 14.4. The number of likely N-dealkylation sites (tertiary alicyclic amines) is 1. The van der Waals surface area contributed by atoms with Gasteiger partial charge in [-0.1, -0.05) is 0 Å². The van der Waals surface area contributed by atoms with Crippen molar-refractivity contribution in [3.8, 4) is 0 Å². The lowest BCUT2D eigenvalue weighted by Gasteiger charge is -2.39. The van der Waals surface area contributed by atoms with Crippen LogP contribution in [0.5, 0.6) is 0 Å². The molecule has 0 radical (unpaired) electrons. The van der Waals surface area contributed by atoms with E-state index >= 15 is 0 Å². The quantitative estimate of drug-likeness (QED) is 0.832. The lowest BCUT2D eigenvalue weighted by Crippen LogP contribution is -2.47. The Morgan fingerprint density at radius 1 is 1.47 bits per heavy atom. The molecule has 0 unspecified atom stereocenters. The second kappa shape index (κ2) is 6.45. The molecular weight excluding hydrogens is 249 g/mol. The average Bonchev–Trinajstić information content (AvgIpc) is 2.88. The smallest absolute Gasteiger partial charge is 0.109 e. The fraction of sp³-hybridized carbons (Fsp3) is 0.769. The molecule has 0 atom stereocenters. The number of rotatable bonds is 6. The molecule has 0 bridgehead atoms. The van der Waals surface area contributed by atoms with E-state index in [1.54, 1.807) is 18.0 Å². The molecule has 1 aromatic rings. The molecule has 2 rings (SSSR count). The summed E-state index contributed by atoms with van der Waals surface area (Å²) in [6, 6.07) is 0. The Morgan fingerprint density at radius 2 is 2.21 bits per heavy atom. The minimum Gasteiger partial charge on any atom is -0.393 e. The van der Waals surface area contributed by atoms with Crippen LogP contribution in [0.4, 0.5) is 4.39 Å². The van der Waals surface area contributed by atoms with Crippen molar-refractivity contribution in [1.82, 2.24) is 14.7 Å². The highest BCUT2D eigenvalue weighted by Crippen LogP contribution is 2.25. The molecule has 1 N–H and O–H groups in total. The van der Waals surface area contributed by atoms with Crippen LogP contribution in [-0.2, 0) is 17.8 Å². The number of aliphatic hydroxyl groups excluding tert-OH is 1. The maximum Gasteiger partial charge on any atom is 0.109 e. The fourth-order valence-electron chi connectivity index (χ4n) is 2.50. The molecule has 0 amide bonds. The molecule has 1 saturated heterocycles. The van der Waals surface area contributed by atoms with Gasteiger partial charge in [-0.15, -0.1) is 0 Å². The van der Waals surface area contributed by atoms with Crippen molar-refractivity contribution in [2.75, 3.05) is 33.5 Å². The molecular formula is C13H22FN3O2. The van der Waals surface area contributed by atoms with E-state index < -0.39 is 6.67 Å². The highest BCUT2D eigenvalue weighted by atomic mass is 19.1. The van der Waals surface area contributed by atoms with Crippen LogP contribution in [0.25, 0.3) is 0 Å². The molecule has 1 aliphatic heterocycles. The second-order valence-electron chi connectivity index (χ2n) is 5.12. The van der Waals surface area contributed by atoms with Crippen molar-refractivity contribution in [1.29, 1.82) is 0 Å². The highest BCUT2D eigenvalue weighted by molar-refractivity contribution is 5.04. The summed E-state index contributed by atoms with van der Waals surface area (Å²) in [4.78, 5) is 2.31. The number of hydrogen-bond donors (Lipinski definition) is 1. The van der Waals surface area contributed by atoms with Gasteiger partial charge in [0.1, 0.15) is 6.67 Å². The Labute approximate surface area is 113 Å². The number of halogens is 1. The zero-order valence-electron chi connectivity index (χ0n) is 11.4. The Hall–Kier alpha value is -0.980. The minimum atomic E-state index is -0.391. The largest absolute Gasteiger partial charge is 0.393 e. The standard InChI is InChI=1S/C13H22FN3O2/c1-19-13(11-18)2-5-16(6-3-13)9-12-8-15-17(10-12)7-4-14/h8,10,18H,2-7,9,11H2,1H3. The van der Waals surface area contributed by atoms with Gasteiger partial charge in [-0.05, 0) is 12.8 Å². The average molecular weight is 271 g/mol. The van der Waals surface area contributed by atoms with E-state index in [1.165, 1.54) is 0 Å². The number of aliphatic hydroxyl groups is 1. The number of hydrogen-bond acceptors (Lipinski definition) is 4. The number of ether oxygens (including phenoxy) is 1. The van der Waals surface area contributed by atoms with E-state index in [9.17, 15) is 9.50 Å². The fourth-order valence-corrected chi connectivity index (χ4v) is 2.50. The molecule has 0 saturated carbocycles. The van der Waals surface area contributed by atoms with Gasteiger partial charge < -0.3 is 9.84 Å². The summed E-state index contributed by atoms with van der Waals surface area (Å²) in [6.07, 6.45) is 5.35. The Kier molecular flexibility index (Phi) is 4.90. The second-order valence-corrected chi connectivity index (χ2v) is 5.12. The number of methoxy groups -OCH3 is 1. The molecule has 2 heterocycles. The number of nitrogens with zero attached hydrogens (tertiary/aromatic N) is 3. The van der Waals surface area contributed by atoms with Crippen LogP contribution in [0.15, 0.2) is 12.4 Å². The van der Waals surface area contributed by atoms with Gasteiger partial charge in [0.25, 0.3) is 0 Å². The summed E-state index contributed by atoms with van der Waals surface area (Å²) in [5.74, 6) is 0. The zero-order chi connectivity index (χ0) is 13.7. The first-order chi connectivity index (χ1) is 9.21. The van der Waals surface area contributed by atoms with Crippen molar-refractivity contribution < 1.29 is 14.2 Å². The summed E-state index contributed by atoms with van der Waals surface area (Å²) in [6.45, 7) is 2.60. The summed E-state index contributed by atoms with van der Waals surface area (Å²) in [5.41, 5.74) is 0.733. The summed E-state index contributed by atoms with van der Waals surface area (Å²) < 4.78 is 19.3. The van der Waals surface area contributed by atoms with Crippen LogP contribution in [-0.4, -0.2) is 58.9 Å². The maximum atomic E-state index is 12.2. The first-order valence-electron chi connectivity index (χ1n) is 6.67. The normalized spacial score (nSPS) is 19.7. The van der Waals surface area contributed by atoms with Crippen molar-refractivity contribution >= 4 is 0 Å². The van der Waals surface area contributed by atoms with E-state index in [1.807, 2.05) is 6.20 Å². The molecule has 0 aromatic carbocycles. The molecule has 108 valence electrons. The predicted molar refractivity (Wildman–Crippen MR) is 69.5 cm³/mol. The third-order valence-electron chi connectivity index (χ3n) is 3.89. The van der Waals surface area contributed by atoms with Gasteiger partial charge in [-0.3, -0.25) is 9.58 Å². The number of aromatic nitrogens is 2. The molecule has 19 heavy (non-hydrogen) atoms. The topological polar surface area (TPSA) is 50.5 Å². The number of piperidine rings is 1. The lowest BCUT2D eigenvalue weighted by molar-refractivity contribution is -0.0899. The van der Waals surface area contributed by atoms with Crippen LogP contribution in [0.2, 0.25) is 0 Å². The van der Waals surface area contributed by atoms with E-state index in [4.69, 9.17) is 4.74 Å². The van der Waals surface area contributed by atoms with Gasteiger partial charge in [0, 0.05) is 38.5 Å². The molecule has 1 aliphatic rings. The van der Waals surface area contributed by atoms with Crippen LogP contribution in [0, 0.1) is 0 Å². The summed E-state index contributed by atoms with van der Waals surface area (Å²) in [5, 5.41) is 13.5. The van der Waals surface area contributed by atoms with E-state index in [2.05, 4.69) is 10.00 Å². The lowest BCUT2D eigenvalue weighted by atomic mass is 9.92. The number of alkyl halides is 1. The van der Waals surface area contributed by atoms with Crippen molar-refractivity contribution in [3.63, 3.8) is 0 Å². The van der Waals surface area contributed by atoms with Gasteiger partial charge in [-0.25, -0.2) is 4.39 Å². The van der Waals surface area contributed by atoms with Crippen LogP contribution < -0.4 is 0 Å². The number of aryl methyl sites for hydroxylation is 1. The third kappa shape index (κ3) is 3.52. The van der Waals surface area contributed by atoms with Crippen LogP contribution >= 0.6 is 0 Å². The van der Waals surface area contributed by atoms with Crippen molar-refractivity contribution in [2.24, 2.45) is 0 Å². The third-order valence-corrected chi connectivity index (χ3v) is 3.89. The Balaban J connectivity index is 1.84. The Morgan fingerprint density at radius 3 is 2.79 bits per heavy atom. The van der Waals surface area contributed by atoms with Crippen LogP contribution in [0.3, 0.4) is 0 Å². The monoisotopic (exact) mass is 271 g/mol.